The van der Waals surface area contributed by atoms with E-state index in [1.54, 1.807) is 17.2 Å². The molecule has 1 N–H and O–H groups in total. The van der Waals surface area contributed by atoms with E-state index in [2.05, 4.69) is 10.3 Å². The second-order valence-corrected chi connectivity index (χ2v) is 7.16. The van der Waals surface area contributed by atoms with Gasteiger partial charge < -0.3 is 10.2 Å². The lowest BCUT2D eigenvalue weighted by atomic mass is 9.91. The van der Waals surface area contributed by atoms with E-state index in [0.717, 1.165) is 24.2 Å². The number of nitrogens with one attached hydrogen (secondary N) is 1. The van der Waals surface area contributed by atoms with Crippen molar-refractivity contribution >= 4 is 17.5 Å². The van der Waals surface area contributed by atoms with Crippen molar-refractivity contribution < 1.29 is 9.59 Å². The van der Waals surface area contributed by atoms with Gasteiger partial charge >= 0.3 is 0 Å². The minimum atomic E-state index is -0.358. The van der Waals surface area contributed by atoms with E-state index in [4.69, 9.17) is 0 Å². The van der Waals surface area contributed by atoms with Crippen molar-refractivity contribution in [3.05, 3.63) is 24.0 Å². The summed E-state index contributed by atoms with van der Waals surface area (Å²) in [4.78, 5) is 30.7. The van der Waals surface area contributed by atoms with Crippen LogP contribution in [0.15, 0.2) is 18.3 Å². The van der Waals surface area contributed by atoms with Gasteiger partial charge in [-0.25, -0.2) is 0 Å². The molecular weight excluding hydrogens is 278 g/mol. The fourth-order valence-electron chi connectivity index (χ4n) is 2.74. The lowest BCUT2D eigenvalue weighted by Gasteiger charge is -2.27. The Kier molecular flexibility index (Phi) is 4.84. The van der Waals surface area contributed by atoms with Crippen LogP contribution in [0.25, 0.3) is 0 Å². The third-order valence-corrected chi connectivity index (χ3v) is 3.72. The van der Waals surface area contributed by atoms with E-state index in [9.17, 15) is 9.59 Å². The number of hydrogen-bond acceptors (Lipinski definition) is 3. The number of carbonyl (C=O) groups excluding carboxylic acids is 2. The Morgan fingerprint density at radius 1 is 1.41 bits per heavy atom. The number of nitrogens with zero attached hydrogens (tertiary/aromatic N) is 2. The summed E-state index contributed by atoms with van der Waals surface area (Å²) in [6.07, 6.45) is 3.74. The maximum Gasteiger partial charge on any atom is 0.247 e. The number of rotatable bonds is 3. The summed E-state index contributed by atoms with van der Waals surface area (Å²) in [5, 5.41) is 2.90. The molecule has 1 fully saturated rings. The summed E-state index contributed by atoms with van der Waals surface area (Å²) in [5.74, 6) is -0.0404. The second-order valence-electron chi connectivity index (χ2n) is 7.16. The molecule has 1 aliphatic heterocycles. The Balaban J connectivity index is 2.03. The first-order valence-electron chi connectivity index (χ1n) is 7.79. The molecule has 2 rings (SSSR count). The van der Waals surface area contributed by atoms with Gasteiger partial charge in [-0.05, 0) is 37.3 Å². The van der Waals surface area contributed by atoms with Crippen molar-refractivity contribution in [2.45, 2.75) is 53.0 Å². The summed E-state index contributed by atoms with van der Waals surface area (Å²) in [6.45, 7) is 8.66. The Morgan fingerprint density at radius 3 is 2.77 bits per heavy atom. The highest BCUT2D eigenvalue weighted by molar-refractivity contribution is 5.97. The maximum absolute atomic E-state index is 12.5. The number of aromatic nitrogens is 1. The third-order valence-electron chi connectivity index (χ3n) is 3.72. The van der Waals surface area contributed by atoms with Crippen LogP contribution >= 0.6 is 0 Å². The minimum Gasteiger partial charge on any atom is -0.331 e. The zero-order valence-electron chi connectivity index (χ0n) is 13.8. The number of amides is 2. The average molecular weight is 303 g/mol. The van der Waals surface area contributed by atoms with Crippen LogP contribution in [0, 0.1) is 12.3 Å². The van der Waals surface area contributed by atoms with Gasteiger partial charge in [0.05, 0.1) is 0 Å². The van der Waals surface area contributed by atoms with Gasteiger partial charge in [-0.15, -0.1) is 0 Å². The first-order valence-corrected chi connectivity index (χ1v) is 7.79. The number of hydrogen-bond donors (Lipinski definition) is 1. The van der Waals surface area contributed by atoms with Crippen molar-refractivity contribution in [1.29, 1.82) is 0 Å². The summed E-state index contributed by atoms with van der Waals surface area (Å²) in [6, 6.07) is 3.23. The summed E-state index contributed by atoms with van der Waals surface area (Å²) < 4.78 is 0. The van der Waals surface area contributed by atoms with Crippen molar-refractivity contribution in [2.75, 3.05) is 11.9 Å². The van der Waals surface area contributed by atoms with E-state index in [1.165, 1.54) is 0 Å². The molecule has 5 heteroatoms. The van der Waals surface area contributed by atoms with Gasteiger partial charge in [-0.1, -0.05) is 20.8 Å². The van der Waals surface area contributed by atoms with Crippen molar-refractivity contribution in [1.82, 2.24) is 9.88 Å². The van der Waals surface area contributed by atoms with Crippen molar-refractivity contribution in [2.24, 2.45) is 5.41 Å². The third kappa shape index (κ3) is 4.29. The number of likely N-dealkylation sites (tertiary alicyclic amines) is 1. The van der Waals surface area contributed by atoms with Gasteiger partial charge in [-0.3, -0.25) is 14.6 Å². The van der Waals surface area contributed by atoms with Crippen molar-refractivity contribution in [3.8, 4) is 0 Å². The number of aryl methyl sites for hydroxylation is 1. The van der Waals surface area contributed by atoms with Gasteiger partial charge in [0.1, 0.15) is 6.04 Å². The molecular formula is C17H25N3O2. The van der Waals surface area contributed by atoms with Crippen LogP contribution < -0.4 is 5.32 Å². The van der Waals surface area contributed by atoms with Gasteiger partial charge in [-0.2, -0.15) is 0 Å². The molecule has 120 valence electrons. The molecule has 1 aliphatic rings. The molecule has 2 amide bonds. The van der Waals surface area contributed by atoms with Crippen LogP contribution in [-0.4, -0.2) is 34.3 Å². The maximum atomic E-state index is 12.5. The summed E-state index contributed by atoms with van der Waals surface area (Å²) >= 11 is 0. The summed E-state index contributed by atoms with van der Waals surface area (Å²) in [7, 11) is 0. The van der Waals surface area contributed by atoms with Gasteiger partial charge in [0, 0.05) is 30.5 Å². The van der Waals surface area contributed by atoms with Gasteiger partial charge in [0.2, 0.25) is 11.8 Å². The molecule has 1 aromatic rings. The normalized spacial score (nSPS) is 18.4. The average Bonchev–Trinajstić information content (AvgIpc) is 2.85. The fourth-order valence-corrected chi connectivity index (χ4v) is 2.74. The van der Waals surface area contributed by atoms with Gasteiger partial charge in [0.25, 0.3) is 0 Å². The Labute approximate surface area is 132 Å². The number of carbonyl (C=O) groups is 2. The molecule has 0 bridgehead atoms. The van der Waals surface area contributed by atoms with E-state index >= 15 is 0 Å². The molecule has 0 aliphatic carbocycles. The smallest absolute Gasteiger partial charge is 0.247 e. The Hall–Kier alpha value is -1.91. The van der Waals surface area contributed by atoms with E-state index < -0.39 is 0 Å². The molecule has 0 spiro atoms. The van der Waals surface area contributed by atoms with Gasteiger partial charge in [0.15, 0.2) is 0 Å². The first kappa shape index (κ1) is 16.5. The molecule has 0 radical (unpaired) electrons. The highest BCUT2D eigenvalue weighted by Crippen LogP contribution is 2.25. The van der Waals surface area contributed by atoms with Crippen molar-refractivity contribution in [3.63, 3.8) is 0 Å². The zero-order chi connectivity index (χ0) is 16.3. The van der Waals surface area contributed by atoms with E-state index in [0.29, 0.717) is 13.0 Å². The second kappa shape index (κ2) is 6.46. The number of pyridine rings is 1. The largest absolute Gasteiger partial charge is 0.331 e. The van der Waals surface area contributed by atoms with E-state index in [1.807, 2.05) is 33.8 Å². The molecule has 22 heavy (non-hydrogen) atoms. The van der Waals surface area contributed by atoms with Crippen LogP contribution in [-0.2, 0) is 9.59 Å². The predicted molar refractivity (Wildman–Crippen MR) is 86.4 cm³/mol. The topological polar surface area (TPSA) is 62.3 Å². The minimum absolute atomic E-state index is 0.0658. The number of anilines is 1. The zero-order valence-corrected chi connectivity index (χ0v) is 13.8. The predicted octanol–water partition coefficient (Wildman–Crippen LogP) is 2.76. The molecule has 0 aromatic carbocycles. The summed E-state index contributed by atoms with van der Waals surface area (Å²) in [5.41, 5.74) is 1.51. The standard InChI is InChI=1S/C17H25N3O2/c1-12-10-13(7-8-18-12)19-16(22)14-6-5-9-20(14)15(21)11-17(2,3)4/h7-8,10,14H,5-6,9,11H2,1-4H3,(H,18,19,22). The SMILES string of the molecule is Cc1cc(NC(=O)C2CCCN2C(=O)CC(C)(C)C)ccn1. The molecule has 1 saturated heterocycles. The quantitative estimate of drug-likeness (QED) is 0.934. The first-order chi connectivity index (χ1) is 10.3. The van der Waals surface area contributed by atoms with Crippen LogP contribution in [0.4, 0.5) is 5.69 Å². The monoisotopic (exact) mass is 303 g/mol. The molecule has 1 unspecified atom stereocenters. The van der Waals surface area contributed by atoms with E-state index in [-0.39, 0.29) is 23.3 Å². The molecule has 5 nitrogen and oxygen atoms in total. The van der Waals surface area contributed by atoms with Crippen LogP contribution in [0.1, 0.15) is 45.7 Å². The molecule has 0 saturated carbocycles. The fraction of sp³-hybridized carbons (Fsp3) is 0.588. The molecule has 1 aromatic heterocycles. The lowest BCUT2D eigenvalue weighted by molar-refractivity contribution is -0.138. The van der Waals surface area contributed by atoms with Crippen LogP contribution in [0.3, 0.4) is 0 Å². The highest BCUT2D eigenvalue weighted by atomic mass is 16.2. The van der Waals surface area contributed by atoms with Crippen LogP contribution in [0.2, 0.25) is 0 Å². The Bertz CT molecular complexity index is 563. The molecule has 2 heterocycles. The Morgan fingerprint density at radius 2 is 2.14 bits per heavy atom. The lowest BCUT2D eigenvalue weighted by Crippen LogP contribution is -2.44. The van der Waals surface area contributed by atoms with Crippen LogP contribution in [0.5, 0.6) is 0 Å². The highest BCUT2D eigenvalue weighted by Gasteiger charge is 2.35. The molecule has 1 atom stereocenters.